The van der Waals surface area contributed by atoms with E-state index in [2.05, 4.69) is 18.8 Å². The standard InChI is InChI=1S/C11H17N3S/c1-6(2)15-11-9(10(12)13)7(3)5-8(4)14-11/h5-6H,1-4H3,(H3,12,13). The van der Waals surface area contributed by atoms with Gasteiger partial charge in [0.25, 0.3) is 0 Å². The van der Waals surface area contributed by atoms with Gasteiger partial charge in [-0.15, -0.1) is 11.8 Å². The number of thioether (sulfide) groups is 1. The Labute approximate surface area is 95.0 Å². The molecular formula is C11H17N3S. The number of hydrogen-bond acceptors (Lipinski definition) is 3. The molecule has 0 aliphatic rings. The van der Waals surface area contributed by atoms with Crippen LogP contribution in [0.2, 0.25) is 0 Å². The Kier molecular flexibility index (Phi) is 3.74. The van der Waals surface area contributed by atoms with Gasteiger partial charge in [-0.3, -0.25) is 5.41 Å². The van der Waals surface area contributed by atoms with E-state index in [1.54, 1.807) is 11.8 Å². The van der Waals surface area contributed by atoms with Crippen molar-refractivity contribution in [3.8, 4) is 0 Å². The zero-order chi connectivity index (χ0) is 11.6. The van der Waals surface area contributed by atoms with Crippen LogP contribution in [0.1, 0.15) is 30.7 Å². The van der Waals surface area contributed by atoms with Crippen molar-refractivity contribution in [2.24, 2.45) is 5.73 Å². The molecule has 3 nitrogen and oxygen atoms in total. The summed E-state index contributed by atoms with van der Waals surface area (Å²) in [6.07, 6.45) is 0. The second kappa shape index (κ2) is 4.66. The third-order valence-electron chi connectivity index (χ3n) is 1.93. The minimum Gasteiger partial charge on any atom is -0.384 e. The van der Waals surface area contributed by atoms with Crippen molar-refractivity contribution in [1.29, 1.82) is 5.41 Å². The number of nitrogens with one attached hydrogen (secondary N) is 1. The van der Waals surface area contributed by atoms with Gasteiger partial charge in [-0.25, -0.2) is 4.98 Å². The van der Waals surface area contributed by atoms with Crippen molar-refractivity contribution in [3.63, 3.8) is 0 Å². The summed E-state index contributed by atoms with van der Waals surface area (Å²) in [7, 11) is 0. The molecule has 0 radical (unpaired) electrons. The van der Waals surface area contributed by atoms with Crippen LogP contribution >= 0.6 is 11.8 Å². The van der Waals surface area contributed by atoms with Crippen LogP contribution in [0.15, 0.2) is 11.1 Å². The number of nitrogen functional groups attached to an aromatic ring is 1. The molecule has 0 saturated carbocycles. The number of rotatable bonds is 3. The van der Waals surface area contributed by atoms with Crippen LogP contribution in [0, 0.1) is 19.3 Å². The predicted molar refractivity (Wildman–Crippen MR) is 65.7 cm³/mol. The highest BCUT2D eigenvalue weighted by molar-refractivity contribution is 7.99. The Morgan fingerprint density at radius 2 is 2.07 bits per heavy atom. The van der Waals surface area contributed by atoms with Gasteiger partial charge in [0, 0.05) is 10.9 Å². The van der Waals surface area contributed by atoms with Crippen LogP contribution in [0.4, 0.5) is 0 Å². The topological polar surface area (TPSA) is 62.8 Å². The molecule has 1 heterocycles. The summed E-state index contributed by atoms with van der Waals surface area (Å²) in [6.45, 7) is 8.14. The van der Waals surface area contributed by atoms with Crippen molar-refractivity contribution >= 4 is 17.6 Å². The van der Waals surface area contributed by atoms with Gasteiger partial charge in [0.15, 0.2) is 0 Å². The highest BCUT2D eigenvalue weighted by atomic mass is 32.2. The Morgan fingerprint density at radius 1 is 1.47 bits per heavy atom. The van der Waals surface area contributed by atoms with Crippen LogP contribution in [0.3, 0.4) is 0 Å². The first-order valence-corrected chi connectivity index (χ1v) is 5.79. The van der Waals surface area contributed by atoms with Gasteiger partial charge in [0.05, 0.1) is 5.56 Å². The van der Waals surface area contributed by atoms with E-state index in [1.165, 1.54) is 0 Å². The molecule has 0 amide bonds. The molecule has 3 N–H and O–H groups in total. The maximum atomic E-state index is 7.56. The fourth-order valence-corrected chi connectivity index (χ4v) is 2.47. The molecule has 1 aromatic rings. The van der Waals surface area contributed by atoms with E-state index in [-0.39, 0.29) is 5.84 Å². The van der Waals surface area contributed by atoms with Crippen LogP contribution < -0.4 is 5.73 Å². The Morgan fingerprint density at radius 3 is 2.53 bits per heavy atom. The highest BCUT2D eigenvalue weighted by Crippen LogP contribution is 2.26. The molecule has 0 fully saturated rings. The van der Waals surface area contributed by atoms with Crippen LogP contribution in [-0.2, 0) is 0 Å². The minimum atomic E-state index is 0.100. The summed E-state index contributed by atoms with van der Waals surface area (Å²) in [5.74, 6) is 0.100. The van der Waals surface area contributed by atoms with Crippen LogP contribution in [-0.4, -0.2) is 16.1 Å². The normalized spacial score (nSPS) is 10.7. The summed E-state index contributed by atoms with van der Waals surface area (Å²) in [6, 6.07) is 1.96. The quantitative estimate of drug-likeness (QED) is 0.470. The summed E-state index contributed by atoms with van der Waals surface area (Å²) >= 11 is 1.65. The molecule has 0 aromatic carbocycles. The fourth-order valence-electron chi connectivity index (χ4n) is 1.44. The van der Waals surface area contributed by atoms with Crippen LogP contribution in [0.25, 0.3) is 0 Å². The van der Waals surface area contributed by atoms with Gasteiger partial charge >= 0.3 is 0 Å². The molecule has 0 aliphatic carbocycles. The van der Waals surface area contributed by atoms with Crippen molar-refractivity contribution in [2.45, 2.75) is 38.0 Å². The third-order valence-corrected chi connectivity index (χ3v) is 2.92. The summed E-state index contributed by atoms with van der Waals surface area (Å²) in [4.78, 5) is 4.44. The summed E-state index contributed by atoms with van der Waals surface area (Å²) in [5, 5.41) is 8.87. The number of aryl methyl sites for hydroxylation is 2. The number of aromatic nitrogens is 1. The number of amidine groups is 1. The second-order valence-corrected chi connectivity index (χ2v) is 5.41. The highest BCUT2D eigenvalue weighted by Gasteiger charge is 2.13. The maximum absolute atomic E-state index is 7.56. The lowest BCUT2D eigenvalue weighted by molar-refractivity contribution is 1.01. The Hall–Kier alpha value is -1.03. The molecule has 0 unspecified atom stereocenters. The van der Waals surface area contributed by atoms with Gasteiger partial charge in [-0.2, -0.15) is 0 Å². The van der Waals surface area contributed by atoms with E-state index >= 15 is 0 Å². The number of hydrogen-bond donors (Lipinski definition) is 2. The van der Waals surface area contributed by atoms with Crippen molar-refractivity contribution in [2.75, 3.05) is 0 Å². The molecule has 1 aromatic heterocycles. The van der Waals surface area contributed by atoms with Gasteiger partial charge in [0.2, 0.25) is 0 Å². The maximum Gasteiger partial charge on any atom is 0.125 e. The molecule has 0 saturated heterocycles. The minimum absolute atomic E-state index is 0.100. The fraction of sp³-hybridized carbons (Fsp3) is 0.455. The average Bonchev–Trinajstić information content (AvgIpc) is 1.99. The van der Waals surface area contributed by atoms with E-state index < -0.39 is 0 Å². The van der Waals surface area contributed by atoms with Crippen molar-refractivity contribution in [3.05, 3.63) is 22.9 Å². The van der Waals surface area contributed by atoms with Crippen LogP contribution in [0.5, 0.6) is 0 Å². The van der Waals surface area contributed by atoms with E-state index in [4.69, 9.17) is 11.1 Å². The average molecular weight is 223 g/mol. The van der Waals surface area contributed by atoms with E-state index in [1.807, 2.05) is 19.9 Å². The molecule has 1 rings (SSSR count). The number of nitrogens with zero attached hydrogens (tertiary/aromatic N) is 1. The van der Waals surface area contributed by atoms with Gasteiger partial charge < -0.3 is 5.73 Å². The second-order valence-electron chi connectivity index (χ2n) is 3.84. The van der Waals surface area contributed by atoms with Gasteiger partial charge in [0.1, 0.15) is 10.9 Å². The SMILES string of the molecule is Cc1cc(C)c(C(=N)N)c(SC(C)C)n1. The first-order valence-electron chi connectivity index (χ1n) is 4.91. The Balaban J connectivity index is 3.27. The summed E-state index contributed by atoms with van der Waals surface area (Å²) in [5.41, 5.74) is 8.35. The van der Waals surface area contributed by atoms with E-state index in [0.29, 0.717) is 5.25 Å². The largest absolute Gasteiger partial charge is 0.384 e. The van der Waals surface area contributed by atoms with E-state index in [0.717, 1.165) is 21.8 Å². The lowest BCUT2D eigenvalue weighted by Gasteiger charge is -2.12. The van der Waals surface area contributed by atoms with Gasteiger partial charge in [-0.05, 0) is 25.5 Å². The number of pyridine rings is 1. The zero-order valence-electron chi connectivity index (χ0n) is 9.59. The number of nitrogens with two attached hydrogens (primary N) is 1. The molecular weight excluding hydrogens is 206 g/mol. The molecule has 0 aliphatic heterocycles. The predicted octanol–water partition coefficient (Wildman–Crippen LogP) is 2.48. The lowest BCUT2D eigenvalue weighted by atomic mass is 10.1. The zero-order valence-corrected chi connectivity index (χ0v) is 10.4. The molecule has 15 heavy (non-hydrogen) atoms. The van der Waals surface area contributed by atoms with Crippen molar-refractivity contribution < 1.29 is 0 Å². The molecule has 82 valence electrons. The molecule has 0 bridgehead atoms. The first kappa shape index (κ1) is 12.0. The van der Waals surface area contributed by atoms with E-state index in [9.17, 15) is 0 Å². The monoisotopic (exact) mass is 223 g/mol. The third kappa shape index (κ3) is 2.96. The molecule has 0 spiro atoms. The van der Waals surface area contributed by atoms with Crippen molar-refractivity contribution in [1.82, 2.24) is 4.98 Å². The van der Waals surface area contributed by atoms with Gasteiger partial charge in [-0.1, -0.05) is 13.8 Å². The smallest absolute Gasteiger partial charge is 0.125 e. The molecule has 4 heteroatoms. The molecule has 0 atom stereocenters. The summed E-state index contributed by atoms with van der Waals surface area (Å²) < 4.78 is 0. The lowest BCUT2D eigenvalue weighted by Crippen LogP contribution is -2.16. The Bertz CT molecular complexity index is 386. The first-order chi connectivity index (χ1) is 6.91.